The molecule has 2 aromatic carbocycles. The summed E-state index contributed by atoms with van der Waals surface area (Å²) in [5, 5.41) is 10.3. The van der Waals surface area contributed by atoms with Gasteiger partial charge in [0, 0.05) is 11.1 Å². The van der Waals surface area contributed by atoms with Crippen molar-refractivity contribution in [3.8, 4) is 0 Å². The lowest BCUT2D eigenvalue weighted by atomic mass is 9.97. The molecule has 0 saturated heterocycles. The molecule has 116 valence electrons. The quantitative estimate of drug-likeness (QED) is 0.919. The second kappa shape index (κ2) is 6.52. The van der Waals surface area contributed by atoms with Crippen molar-refractivity contribution >= 4 is 40.6 Å². The summed E-state index contributed by atoms with van der Waals surface area (Å²) in [7, 11) is 0. The summed E-state index contributed by atoms with van der Waals surface area (Å²) >= 11 is 12.5. The van der Waals surface area contributed by atoms with Gasteiger partial charge in [-0.1, -0.05) is 59.6 Å². The van der Waals surface area contributed by atoms with E-state index in [0.717, 1.165) is 0 Å². The van der Waals surface area contributed by atoms with Gasteiger partial charge in [-0.25, -0.2) is 4.79 Å². The van der Waals surface area contributed by atoms with E-state index in [1.165, 1.54) is 0 Å². The van der Waals surface area contributed by atoms with Crippen LogP contribution in [0.2, 0.25) is 10.0 Å². The second-order valence-corrected chi connectivity index (χ2v) is 5.80. The molecule has 1 aliphatic rings. The van der Waals surface area contributed by atoms with Crippen LogP contribution in [0.15, 0.2) is 58.5 Å². The molecule has 0 saturated carbocycles. The van der Waals surface area contributed by atoms with E-state index in [0.29, 0.717) is 32.6 Å². The molecule has 0 bridgehead atoms. The molecule has 0 aliphatic carbocycles. The maximum atomic E-state index is 11.3. The molecule has 1 aliphatic heterocycles. The third-order valence-corrected chi connectivity index (χ3v) is 4.13. The van der Waals surface area contributed by atoms with E-state index in [1.807, 2.05) is 24.3 Å². The topological polar surface area (TPSA) is 62.0 Å². The van der Waals surface area contributed by atoms with Gasteiger partial charge in [0.2, 0.25) is 0 Å². The molecule has 1 N–H and O–H groups in total. The van der Waals surface area contributed by atoms with Crippen LogP contribution in [-0.4, -0.2) is 35.1 Å². The van der Waals surface area contributed by atoms with E-state index >= 15 is 0 Å². The van der Waals surface area contributed by atoms with E-state index in [1.54, 1.807) is 24.3 Å². The number of hydrogen-bond acceptors (Lipinski definition) is 3. The Labute approximate surface area is 143 Å². The monoisotopic (exact) mass is 346 g/mol. The molecule has 0 aromatic heterocycles. The number of aliphatic carboxylic acids is 1. The van der Waals surface area contributed by atoms with Gasteiger partial charge in [0.15, 0.2) is 6.04 Å². The lowest BCUT2D eigenvalue weighted by Gasteiger charge is -2.20. The first kappa shape index (κ1) is 15.7. The molecule has 0 fully saturated rings. The number of hydrogen-bond donors (Lipinski definition) is 1. The summed E-state index contributed by atoms with van der Waals surface area (Å²) in [6, 6.07) is 13.5. The van der Waals surface area contributed by atoms with Crippen molar-refractivity contribution in [1.82, 2.24) is 0 Å². The van der Waals surface area contributed by atoms with Gasteiger partial charge in [-0.2, -0.15) is 0 Å². The lowest BCUT2D eigenvalue weighted by molar-refractivity contribution is -0.138. The molecule has 0 radical (unpaired) electrons. The van der Waals surface area contributed by atoms with Crippen molar-refractivity contribution in [1.29, 1.82) is 0 Å². The zero-order valence-electron chi connectivity index (χ0n) is 11.9. The Hall–Kier alpha value is -2.17. The van der Waals surface area contributed by atoms with Crippen LogP contribution in [0.4, 0.5) is 0 Å². The normalized spacial score (nSPS) is 17.4. The molecule has 1 atom stereocenters. The van der Waals surface area contributed by atoms with Crippen LogP contribution in [0.5, 0.6) is 0 Å². The lowest BCUT2D eigenvalue weighted by Crippen LogP contribution is -2.32. The smallest absolute Gasteiger partial charge is 0.330 e. The molecule has 2 aromatic rings. The van der Waals surface area contributed by atoms with Gasteiger partial charge in [-0.05, 0) is 12.1 Å². The molecule has 1 heterocycles. The summed E-state index contributed by atoms with van der Waals surface area (Å²) in [4.78, 5) is 20.1. The van der Waals surface area contributed by atoms with Crippen molar-refractivity contribution in [2.75, 3.05) is 6.54 Å². The van der Waals surface area contributed by atoms with Gasteiger partial charge >= 0.3 is 5.97 Å². The van der Waals surface area contributed by atoms with E-state index in [9.17, 15) is 9.90 Å². The minimum Gasteiger partial charge on any atom is -0.480 e. The number of benzene rings is 2. The zero-order valence-corrected chi connectivity index (χ0v) is 13.4. The van der Waals surface area contributed by atoms with Crippen molar-refractivity contribution in [2.24, 2.45) is 9.98 Å². The van der Waals surface area contributed by atoms with Crippen molar-refractivity contribution in [3.05, 3.63) is 69.7 Å². The van der Waals surface area contributed by atoms with E-state index in [4.69, 9.17) is 23.2 Å². The first-order chi connectivity index (χ1) is 11.1. The molecule has 1 unspecified atom stereocenters. The Morgan fingerprint density at radius 1 is 0.957 bits per heavy atom. The Balaban J connectivity index is 2.16. The highest BCUT2D eigenvalue weighted by Gasteiger charge is 2.27. The average Bonchev–Trinajstić information content (AvgIpc) is 2.55. The number of carbonyl (C=O) groups is 1. The predicted molar refractivity (Wildman–Crippen MR) is 92.3 cm³/mol. The van der Waals surface area contributed by atoms with Crippen molar-refractivity contribution in [3.63, 3.8) is 0 Å². The molecular formula is C17H12Cl2N2O2. The number of carboxylic acids is 1. The molecule has 0 spiro atoms. The fourth-order valence-electron chi connectivity index (χ4n) is 2.36. The van der Waals surface area contributed by atoms with E-state index in [-0.39, 0.29) is 6.54 Å². The maximum Gasteiger partial charge on any atom is 0.330 e. The van der Waals surface area contributed by atoms with Gasteiger partial charge in [0.05, 0.1) is 28.0 Å². The standard InChI is InChI=1S/C17H12Cl2N2O2/c18-12-7-3-1-5-10(12)15-16(11-6-2-4-8-13(11)19)21-14(9-20-15)17(22)23/h1-8,14H,9H2,(H,22,23). The van der Waals surface area contributed by atoms with E-state index in [2.05, 4.69) is 9.98 Å². The van der Waals surface area contributed by atoms with Gasteiger partial charge in [0.1, 0.15) is 0 Å². The largest absolute Gasteiger partial charge is 0.480 e. The van der Waals surface area contributed by atoms with Crippen LogP contribution in [0.3, 0.4) is 0 Å². The number of rotatable bonds is 3. The van der Waals surface area contributed by atoms with Crippen LogP contribution in [0.1, 0.15) is 11.1 Å². The zero-order chi connectivity index (χ0) is 16.4. The average molecular weight is 347 g/mol. The van der Waals surface area contributed by atoms with Gasteiger partial charge in [-0.15, -0.1) is 0 Å². The minimum absolute atomic E-state index is 0.0733. The van der Waals surface area contributed by atoms with Crippen LogP contribution in [0, 0.1) is 0 Å². The van der Waals surface area contributed by atoms with Gasteiger partial charge < -0.3 is 5.11 Å². The highest BCUT2D eigenvalue weighted by atomic mass is 35.5. The van der Waals surface area contributed by atoms with Crippen LogP contribution in [-0.2, 0) is 4.79 Å². The third kappa shape index (κ3) is 3.14. The first-order valence-corrected chi connectivity index (χ1v) is 7.68. The molecular weight excluding hydrogens is 335 g/mol. The highest BCUT2D eigenvalue weighted by molar-refractivity contribution is 6.57. The Morgan fingerprint density at radius 2 is 1.48 bits per heavy atom. The summed E-state index contributed by atoms with van der Waals surface area (Å²) in [6.07, 6.45) is 0. The third-order valence-electron chi connectivity index (χ3n) is 3.47. The fourth-order valence-corrected chi connectivity index (χ4v) is 2.81. The fraction of sp³-hybridized carbons (Fsp3) is 0.118. The number of halogens is 2. The van der Waals surface area contributed by atoms with Gasteiger partial charge in [-0.3, -0.25) is 9.98 Å². The van der Waals surface area contributed by atoms with Crippen LogP contribution < -0.4 is 0 Å². The summed E-state index contributed by atoms with van der Waals surface area (Å²) < 4.78 is 0. The summed E-state index contributed by atoms with van der Waals surface area (Å²) in [5.74, 6) is -1.02. The molecule has 4 nitrogen and oxygen atoms in total. The summed E-state index contributed by atoms with van der Waals surface area (Å²) in [5.41, 5.74) is 2.35. The summed E-state index contributed by atoms with van der Waals surface area (Å²) in [6.45, 7) is 0.0733. The highest BCUT2D eigenvalue weighted by Crippen LogP contribution is 2.25. The first-order valence-electron chi connectivity index (χ1n) is 6.93. The minimum atomic E-state index is -1.02. The SMILES string of the molecule is O=C(O)C1CN=C(c2ccccc2Cl)C(c2ccccc2Cl)=N1. The second-order valence-electron chi connectivity index (χ2n) is 4.98. The number of carboxylic acid groups (broad SMARTS) is 1. The predicted octanol–water partition coefficient (Wildman–Crippen LogP) is 3.74. The van der Waals surface area contributed by atoms with E-state index < -0.39 is 12.0 Å². The Kier molecular flexibility index (Phi) is 4.46. The van der Waals surface area contributed by atoms with Crippen molar-refractivity contribution < 1.29 is 9.90 Å². The van der Waals surface area contributed by atoms with Crippen LogP contribution in [0.25, 0.3) is 0 Å². The number of aliphatic imine (C=N–C) groups is 2. The Bertz CT molecular complexity index is 831. The number of nitrogens with zero attached hydrogens (tertiary/aromatic N) is 2. The van der Waals surface area contributed by atoms with Gasteiger partial charge in [0.25, 0.3) is 0 Å². The maximum absolute atomic E-state index is 11.3. The van der Waals surface area contributed by atoms with Crippen molar-refractivity contribution in [2.45, 2.75) is 6.04 Å². The molecule has 6 heteroatoms. The Morgan fingerprint density at radius 3 is 2.00 bits per heavy atom. The molecule has 23 heavy (non-hydrogen) atoms. The molecule has 0 amide bonds. The van der Waals surface area contributed by atoms with Crippen LogP contribution >= 0.6 is 23.2 Å². The molecule has 3 rings (SSSR count).